The van der Waals surface area contributed by atoms with Gasteiger partial charge in [-0.05, 0) is 49.5 Å². The second-order valence-electron chi connectivity index (χ2n) is 7.25. The van der Waals surface area contributed by atoms with Crippen molar-refractivity contribution in [1.29, 1.82) is 0 Å². The number of thiocarbonyl (C=S) groups is 1. The highest BCUT2D eigenvalue weighted by molar-refractivity contribution is 8.26. The molecule has 1 heterocycles. The Morgan fingerprint density at radius 3 is 2.45 bits per heavy atom. The molecule has 2 amide bonds. The molecule has 31 heavy (non-hydrogen) atoms. The van der Waals surface area contributed by atoms with Crippen LogP contribution >= 0.6 is 35.6 Å². The van der Waals surface area contributed by atoms with E-state index in [1.807, 2.05) is 18.2 Å². The van der Waals surface area contributed by atoms with E-state index < -0.39 is 5.97 Å². The number of rotatable bonds is 13. The Labute approximate surface area is 197 Å². The number of unbranched alkanes of at least 4 members (excludes halogenated alkanes) is 4. The third kappa shape index (κ3) is 9.41. The summed E-state index contributed by atoms with van der Waals surface area (Å²) in [4.78, 5) is 37.1. The number of amides is 2. The number of carbonyl (C=O) groups is 3. The standard InChI is InChI=1S/C22H27ClN2O4S2/c23-17-11-9-16(10-12-17)15-18-21(29)25(22(30)31-18)14-6-2-3-7-19(26)24-13-5-1-4-8-20(27)28/h9-12,15H,1-8,13-14H2,(H,24,26)(H,27,28)/b18-15-. The van der Waals surface area contributed by atoms with E-state index in [-0.39, 0.29) is 18.2 Å². The van der Waals surface area contributed by atoms with E-state index >= 15 is 0 Å². The van der Waals surface area contributed by atoms with E-state index in [4.69, 9.17) is 28.9 Å². The second kappa shape index (κ2) is 13.5. The predicted octanol–water partition coefficient (Wildman–Crippen LogP) is 4.86. The van der Waals surface area contributed by atoms with Crippen LogP contribution in [0.1, 0.15) is 56.9 Å². The topological polar surface area (TPSA) is 86.7 Å². The van der Waals surface area contributed by atoms with Crippen molar-refractivity contribution in [2.24, 2.45) is 0 Å². The monoisotopic (exact) mass is 482 g/mol. The third-order valence-electron chi connectivity index (χ3n) is 4.72. The highest BCUT2D eigenvalue weighted by atomic mass is 35.5. The number of benzene rings is 1. The molecule has 0 saturated carbocycles. The minimum atomic E-state index is -0.784. The maximum atomic E-state index is 12.6. The molecule has 0 aliphatic carbocycles. The van der Waals surface area contributed by atoms with Crippen molar-refractivity contribution >= 4 is 63.8 Å². The Kier molecular flexibility index (Phi) is 11.0. The number of hydrogen-bond acceptors (Lipinski definition) is 5. The number of carbonyl (C=O) groups excluding carboxylic acids is 2. The van der Waals surface area contributed by atoms with Gasteiger partial charge in [0, 0.05) is 31.0 Å². The molecule has 6 nitrogen and oxygen atoms in total. The van der Waals surface area contributed by atoms with Crippen LogP contribution in [-0.2, 0) is 14.4 Å². The molecule has 1 aliphatic heterocycles. The summed E-state index contributed by atoms with van der Waals surface area (Å²) >= 11 is 12.6. The zero-order valence-corrected chi connectivity index (χ0v) is 19.7. The maximum absolute atomic E-state index is 12.6. The summed E-state index contributed by atoms with van der Waals surface area (Å²) in [7, 11) is 0. The largest absolute Gasteiger partial charge is 0.481 e. The summed E-state index contributed by atoms with van der Waals surface area (Å²) in [6, 6.07) is 7.28. The minimum absolute atomic E-state index is 0.00902. The van der Waals surface area contributed by atoms with Crippen LogP contribution < -0.4 is 5.32 Å². The molecular weight excluding hydrogens is 456 g/mol. The van der Waals surface area contributed by atoms with Gasteiger partial charge in [0.05, 0.1) is 4.91 Å². The lowest BCUT2D eigenvalue weighted by atomic mass is 10.1. The molecule has 1 aromatic rings. The average Bonchev–Trinajstić information content (AvgIpc) is 2.99. The highest BCUT2D eigenvalue weighted by Gasteiger charge is 2.31. The SMILES string of the molecule is O=C(O)CCCCCNC(=O)CCCCCN1C(=O)/C(=C/c2ccc(Cl)cc2)SC1=S. The van der Waals surface area contributed by atoms with Gasteiger partial charge < -0.3 is 10.4 Å². The molecule has 0 radical (unpaired) electrons. The van der Waals surface area contributed by atoms with Gasteiger partial charge in [-0.3, -0.25) is 19.3 Å². The number of hydrogen-bond donors (Lipinski definition) is 2. The van der Waals surface area contributed by atoms with E-state index in [1.165, 1.54) is 11.8 Å². The Balaban J connectivity index is 1.61. The van der Waals surface area contributed by atoms with E-state index in [2.05, 4.69) is 5.32 Å². The van der Waals surface area contributed by atoms with Crippen molar-refractivity contribution in [1.82, 2.24) is 10.2 Å². The maximum Gasteiger partial charge on any atom is 0.303 e. The van der Waals surface area contributed by atoms with Crippen LogP contribution in [0.15, 0.2) is 29.2 Å². The fourth-order valence-corrected chi connectivity index (χ4v) is 4.46. The van der Waals surface area contributed by atoms with Crippen LogP contribution in [0.5, 0.6) is 0 Å². The lowest BCUT2D eigenvalue weighted by Gasteiger charge is -2.14. The van der Waals surface area contributed by atoms with Gasteiger partial charge in [-0.1, -0.05) is 60.6 Å². The summed E-state index contributed by atoms with van der Waals surface area (Å²) < 4.78 is 0.561. The molecular formula is C22H27ClN2O4S2. The van der Waals surface area contributed by atoms with Crippen LogP contribution in [0.4, 0.5) is 0 Å². The number of aliphatic carboxylic acids is 1. The minimum Gasteiger partial charge on any atom is -0.481 e. The fourth-order valence-electron chi connectivity index (χ4n) is 3.03. The third-order valence-corrected chi connectivity index (χ3v) is 6.35. The van der Waals surface area contributed by atoms with Crippen LogP contribution in [0.25, 0.3) is 6.08 Å². The van der Waals surface area contributed by atoms with Crippen molar-refractivity contribution in [3.63, 3.8) is 0 Å². The molecule has 168 valence electrons. The van der Waals surface area contributed by atoms with Crippen LogP contribution in [0.2, 0.25) is 5.02 Å². The smallest absolute Gasteiger partial charge is 0.303 e. The van der Waals surface area contributed by atoms with Gasteiger partial charge in [0.1, 0.15) is 4.32 Å². The van der Waals surface area contributed by atoms with E-state index in [9.17, 15) is 14.4 Å². The van der Waals surface area contributed by atoms with E-state index in [0.717, 1.165) is 37.7 Å². The Bertz CT molecular complexity index is 827. The lowest BCUT2D eigenvalue weighted by Crippen LogP contribution is -2.29. The van der Waals surface area contributed by atoms with Gasteiger partial charge in [-0.15, -0.1) is 0 Å². The molecule has 2 rings (SSSR count). The predicted molar refractivity (Wildman–Crippen MR) is 129 cm³/mol. The molecule has 2 N–H and O–H groups in total. The molecule has 0 atom stereocenters. The number of nitrogens with one attached hydrogen (secondary N) is 1. The first kappa shape index (κ1) is 25.4. The summed E-state index contributed by atoms with van der Waals surface area (Å²) in [5, 5.41) is 12.1. The summed E-state index contributed by atoms with van der Waals surface area (Å²) in [5.41, 5.74) is 0.901. The number of thioether (sulfide) groups is 1. The summed E-state index contributed by atoms with van der Waals surface area (Å²) in [6.07, 6.45) is 7.03. The highest BCUT2D eigenvalue weighted by Crippen LogP contribution is 2.32. The summed E-state index contributed by atoms with van der Waals surface area (Å²) in [5.74, 6) is -0.854. The van der Waals surface area contributed by atoms with Crippen LogP contribution in [-0.4, -0.2) is 45.2 Å². The summed E-state index contributed by atoms with van der Waals surface area (Å²) in [6.45, 7) is 1.13. The van der Waals surface area contributed by atoms with Gasteiger partial charge in [-0.25, -0.2) is 0 Å². The Morgan fingerprint density at radius 2 is 1.74 bits per heavy atom. The van der Waals surface area contributed by atoms with Gasteiger partial charge >= 0.3 is 5.97 Å². The zero-order chi connectivity index (χ0) is 22.6. The molecule has 0 bridgehead atoms. The van der Waals surface area contributed by atoms with E-state index in [1.54, 1.807) is 17.0 Å². The number of nitrogens with zero attached hydrogens (tertiary/aromatic N) is 1. The Morgan fingerprint density at radius 1 is 1.06 bits per heavy atom. The molecule has 1 saturated heterocycles. The van der Waals surface area contributed by atoms with Crippen LogP contribution in [0.3, 0.4) is 0 Å². The van der Waals surface area contributed by atoms with Gasteiger partial charge in [0.25, 0.3) is 5.91 Å². The second-order valence-corrected chi connectivity index (χ2v) is 9.36. The van der Waals surface area contributed by atoms with Crippen molar-refractivity contribution in [2.75, 3.05) is 13.1 Å². The molecule has 0 spiro atoms. The first-order valence-corrected chi connectivity index (χ1v) is 12.0. The molecule has 0 unspecified atom stereocenters. The van der Waals surface area contributed by atoms with Crippen molar-refractivity contribution in [3.05, 3.63) is 39.8 Å². The zero-order valence-electron chi connectivity index (χ0n) is 17.3. The average molecular weight is 483 g/mol. The molecule has 0 aromatic heterocycles. The van der Waals surface area contributed by atoms with Crippen LogP contribution in [0, 0.1) is 0 Å². The Hall–Kier alpha value is -1.90. The molecule has 1 fully saturated rings. The number of carboxylic acids is 1. The first-order chi connectivity index (χ1) is 14.9. The fraction of sp³-hybridized carbons (Fsp3) is 0.455. The van der Waals surface area contributed by atoms with Crippen molar-refractivity contribution < 1.29 is 19.5 Å². The molecule has 9 heteroatoms. The normalized spacial score (nSPS) is 15.0. The quantitative estimate of drug-likeness (QED) is 0.237. The van der Waals surface area contributed by atoms with Crippen molar-refractivity contribution in [3.8, 4) is 0 Å². The van der Waals surface area contributed by atoms with E-state index in [0.29, 0.717) is 40.2 Å². The molecule has 1 aliphatic rings. The first-order valence-electron chi connectivity index (χ1n) is 10.4. The van der Waals surface area contributed by atoms with Gasteiger partial charge in [0.2, 0.25) is 5.91 Å². The van der Waals surface area contributed by atoms with Crippen molar-refractivity contribution in [2.45, 2.75) is 51.4 Å². The molecule has 1 aromatic carbocycles. The van der Waals surface area contributed by atoms with Gasteiger partial charge in [-0.2, -0.15) is 0 Å². The number of halogens is 1. The number of carboxylic acid groups (broad SMARTS) is 1. The van der Waals surface area contributed by atoms with Gasteiger partial charge in [0.15, 0.2) is 0 Å². The lowest BCUT2D eigenvalue weighted by molar-refractivity contribution is -0.137.